The van der Waals surface area contributed by atoms with Gasteiger partial charge in [-0.3, -0.25) is 4.79 Å². The standard InChI is InChI=1S/C12H24N2O5/c1-12(2,3)19-11(17)14-7-5-6-13-9(8-15)10(16)18-4/h9,13,15H,5-8H2,1-4H3,(H,14,17)/t9-/m0/s1. The number of hydrogen-bond acceptors (Lipinski definition) is 6. The monoisotopic (exact) mass is 276 g/mol. The van der Waals surface area contributed by atoms with Crippen molar-refractivity contribution in [1.29, 1.82) is 0 Å². The first-order valence-corrected chi connectivity index (χ1v) is 6.19. The second-order valence-corrected chi connectivity index (χ2v) is 4.99. The Labute approximate surface area is 113 Å². The zero-order chi connectivity index (χ0) is 14.9. The van der Waals surface area contributed by atoms with Gasteiger partial charge in [-0.25, -0.2) is 4.79 Å². The molecule has 7 nitrogen and oxygen atoms in total. The van der Waals surface area contributed by atoms with Crippen molar-refractivity contribution in [3.05, 3.63) is 0 Å². The van der Waals surface area contributed by atoms with E-state index >= 15 is 0 Å². The maximum absolute atomic E-state index is 11.3. The SMILES string of the molecule is COC(=O)[C@H](CO)NCCCNC(=O)OC(C)(C)C. The summed E-state index contributed by atoms with van der Waals surface area (Å²) in [5.41, 5.74) is -0.519. The van der Waals surface area contributed by atoms with Crippen LogP contribution in [-0.4, -0.2) is 55.6 Å². The van der Waals surface area contributed by atoms with E-state index in [0.717, 1.165) is 0 Å². The van der Waals surface area contributed by atoms with Crippen molar-refractivity contribution in [2.24, 2.45) is 0 Å². The summed E-state index contributed by atoms with van der Waals surface area (Å²) in [5, 5.41) is 14.4. The van der Waals surface area contributed by atoms with Crippen molar-refractivity contribution in [3.8, 4) is 0 Å². The van der Waals surface area contributed by atoms with Crippen LogP contribution in [-0.2, 0) is 14.3 Å². The molecule has 0 fully saturated rings. The molecule has 0 aliphatic carbocycles. The molecule has 0 spiro atoms. The van der Waals surface area contributed by atoms with Gasteiger partial charge in [0, 0.05) is 6.54 Å². The largest absolute Gasteiger partial charge is 0.468 e. The smallest absolute Gasteiger partial charge is 0.407 e. The zero-order valence-corrected chi connectivity index (χ0v) is 12.0. The molecule has 7 heteroatoms. The number of esters is 1. The first-order valence-electron chi connectivity index (χ1n) is 6.19. The van der Waals surface area contributed by atoms with E-state index in [2.05, 4.69) is 15.4 Å². The Morgan fingerprint density at radius 3 is 2.37 bits per heavy atom. The summed E-state index contributed by atoms with van der Waals surface area (Å²) in [6, 6.07) is -0.730. The normalized spacial score (nSPS) is 12.7. The number of ether oxygens (including phenoxy) is 2. The maximum atomic E-state index is 11.3. The summed E-state index contributed by atoms with van der Waals surface area (Å²) in [5.74, 6) is -0.511. The summed E-state index contributed by atoms with van der Waals surface area (Å²) < 4.78 is 9.56. The maximum Gasteiger partial charge on any atom is 0.407 e. The lowest BCUT2D eigenvalue weighted by Gasteiger charge is -2.19. The molecule has 3 N–H and O–H groups in total. The van der Waals surface area contributed by atoms with Gasteiger partial charge in [-0.15, -0.1) is 0 Å². The number of rotatable bonds is 7. The average molecular weight is 276 g/mol. The van der Waals surface area contributed by atoms with Crippen molar-refractivity contribution in [2.75, 3.05) is 26.8 Å². The number of methoxy groups -OCH3 is 1. The predicted octanol–water partition coefficient (Wildman–Crippen LogP) is 0.0247. The highest BCUT2D eigenvalue weighted by Crippen LogP contribution is 2.06. The third-order valence-electron chi connectivity index (χ3n) is 2.08. The third kappa shape index (κ3) is 9.26. The Kier molecular flexibility index (Phi) is 8.09. The van der Waals surface area contributed by atoms with Crippen molar-refractivity contribution < 1.29 is 24.2 Å². The Morgan fingerprint density at radius 1 is 1.26 bits per heavy atom. The number of nitrogens with one attached hydrogen (secondary N) is 2. The molecule has 0 aliphatic heterocycles. The van der Waals surface area contributed by atoms with E-state index in [4.69, 9.17) is 9.84 Å². The van der Waals surface area contributed by atoms with Gasteiger partial charge in [0.25, 0.3) is 0 Å². The van der Waals surface area contributed by atoms with Crippen LogP contribution in [0.5, 0.6) is 0 Å². The van der Waals surface area contributed by atoms with Crippen LogP contribution in [0, 0.1) is 0 Å². The average Bonchev–Trinajstić information content (AvgIpc) is 2.30. The van der Waals surface area contributed by atoms with Gasteiger partial charge in [0.2, 0.25) is 0 Å². The first kappa shape index (κ1) is 17.7. The highest BCUT2D eigenvalue weighted by molar-refractivity contribution is 5.75. The molecule has 112 valence electrons. The van der Waals surface area contributed by atoms with Crippen molar-refractivity contribution in [3.63, 3.8) is 0 Å². The Balaban J connectivity index is 3.70. The van der Waals surface area contributed by atoms with Gasteiger partial charge in [0.1, 0.15) is 11.6 Å². The molecule has 1 amide bonds. The minimum Gasteiger partial charge on any atom is -0.468 e. The Hall–Kier alpha value is -1.34. The molecule has 0 aromatic heterocycles. The van der Waals surface area contributed by atoms with E-state index in [1.165, 1.54) is 7.11 Å². The molecule has 0 unspecified atom stereocenters. The highest BCUT2D eigenvalue weighted by atomic mass is 16.6. The van der Waals surface area contributed by atoms with Crippen LogP contribution in [0.2, 0.25) is 0 Å². The quantitative estimate of drug-likeness (QED) is 0.448. The van der Waals surface area contributed by atoms with Crippen LogP contribution in [0.3, 0.4) is 0 Å². The fourth-order valence-electron chi connectivity index (χ4n) is 1.23. The summed E-state index contributed by atoms with van der Waals surface area (Å²) in [4.78, 5) is 22.4. The number of hydrogen-bond donors (Lipinski definition) is 3. The van der Waals surface area contributed by atoms with Crippen LogP contribution in [0.4, 0.5) is 4.79 Å². The fraction of sp³-hybridized carbons (Fsp3) is 0.833. The number of aliphatic hydroxyl groups is 1. The van der Waals surface area contributed by atoms with Crippen molar-refractivity contribution in [2.45, 2.75) is 38.8 Å². The highest BCUT2D eigenvalue weighted by Gasteiger charge is 2.17. The molecule has 0 bridgehead atoms. The summed E-state index contributed by atoms with van der Waals surface area (Å²) >= 11 is 0. The molecular weight excluding hydrogens is 252 g/mol. The van der Waals surface area contributed by atoms with E-state index in [1.54, 1.807) is 20.8 Å². The van der Waals surface area contributed by atoms with Crippen LogP contribution in [0.15, 0.2) is 0 Å². The number of carbonyl (C=O) groups excluding carboxylic acids is 2. The molecule has 0 radical (unpaired) electrons. The second-order valence-electron chi connectivity index (χ2n) is 4.99. The van der Waals surface area contributed by atoms with Gasteiger partial charge in [0.05, 0.1) is 13.7 Å². The summed E-state index contributed by atoms with van der Waals surface area (Å²) in [6.07, 6.45) is 0.131. The lowest BCUT2D eigenvalue weighted by molar-refractivity contribution is -0.144. The second kappa shape index (κ2) is 8.71. The molecule has 0 rings (SSSR count). The number of carbonyl (C=O) groups is 2. The van der Waals surface area contributed by atoms with Crippen LogP contribution in [0.25, 0.3) is 0 Å². The minimum atomic E-state index is -0.730. The molecule has 0 saturated heterocycles. The number of aliphatic hydroxyl groups excluding tert-OH is 1. The van der Waals surface area contributed by atoms with Gasteiger partial charge < -0.3 is 25.2 Å². The van der Waals surface area contributed by atoms with E-state index in [0.29, 0.717) is 19.5 Å². The van der Waals surface area contributed by atoms with E-state index in [9.17, 15) is 9.59 Å². The van der Waals surface area contributed by atoms with Gasteiger partial charge in [-0.1, -0.05) is 0 Å². The molecule has 0 aliphatic rings. The summed E-state index contributed by atoms with van der Waals surface area (Å²) in [6.45, 7) is 5.92. The topological polar surface area (TPSA) is 96.9 Å². The number of amides is 1. The van der Waals surface area contributed by atoms with Crippen LogP contribution >= 0.6 is 0 Å². The minimum absolute atomic E-state index is 0.327. The molecule has 0 saturated carbocycles. The van der Waals surface area contributed by atoms with Gasteiger partial charge >= 0.3 is 12.1 Å². The molecule has 0 aromatic carbocycles. The lowest BCUT2D eigenvalue weighted by atomic mass is 10.2. The zero-order valence-electron chi connectivity index (χ0n) is 12.0. The molecule has 1 atom stereocenters. The molecular formula is C12H24N2O5. The van der Waals surface area contributed by atoms with Crippen LogP contribution in [0.1, 0.15) is 27.2 Å². The van der Waals surface area contributed by atoms with Gasteiger partial charge in [0.15, 0.2) is 0 Å². The van der Waals surface area contributed by atoms with E-state index in [-0.39, 0.29) is 6.61 Å². The summed E-state index contributed by atoms with van der Waals surface area (Å²) in [7, 11) is 1.26. The third-order valence-corrected chi connectivity index (χ3v) is 2.08. The Bertz CT molecular complexity index is 288. The molecule has 19 heavy (non-hydrogen) atoms. The predicted molar refractivity (Wildman–Crippen MR) is 69.7 cm³/mol. The van der Waals surface area contributed by atoms with Crippen molar-refractivity contribution in [1.82, 2.24) is 10.6 Å². The Morgan fingerprint density at radius 2 is 1.89 bits per heavy atom. The fourth-order valence-corrected chi connectivity index (χ4v) is 1.23. The molecule has 0 heterocycles. The lowest BCUT2D eigenvalue weighted by Crippen LogP contribution is -2.42. The molecule has 0 aromatic rings. The van der Waals surface area contributed by atoms with E-state index < -0.39 is 23.7 Å². The van der Waals surface area contributed by atoms with Crippen molar-refractivity contribution >= 4 is 12.1 Å². The number of alkyl carbamates (subject to hydrolysis) is 1. The van der Waals surface area contributed by atoms with Gasteiger partial charge in [-0.2, -0.15) is 0 Å². The first-order chi connectivity index (χ1) is 8.80. The van der Waals surface area contributed by atoms with Gasteiger partial charge in [-0.05, 0) is 33.7 Å². The van der Waals surface area contributed by atoms with Crippen LogP contribution < -0.4 is 10.6 Å². The van der Waals surface area contributed by atoms with E-state index in [1.807, 2.05) is 0 Å².